The monoisotopic (exact) mass is 142 g/mol. The van der Waals surface area contributed by atoms with Crippen LogP contribution >= 0.6 is 0 Å². The van der Waals surface area contributed by atoms with E-state index in [4.69, 9.17) is 10.1 Å². The summed E-state index contributed by atoms with van der Waals surface area (Å²) in [5.41, 5.74) is 12.7. The molecule has 0 fully saturated rings. The molecule has 0 aliphatic carbocycles. The fraction of sp³-hybridized carbons (Fsp3) is 0. The van der Waals surface area contributed by atoms with Gasteiger partial charge in [0.05, 0.1) is 0 Å². The number of primary amides is 2. The molecule has 0 aliphatic heterocycles. The third kappa shape index (κ3) is 4160. The zero-order chi connectivity index (χ0) is 6.28. The van der Waals surface area contributed by atoms with E-state index in [0.29, 0.717) is 0 Å². The summed E-state index contributed by atoms with van der Waals surface area (Å²) in [4.78, 5) is 9.00. The molecule has 0 rings (SSSR count). The quantitative estimate of drug-likeness (QED) is 0.207. The fourth-order valence-corrected chi connectivity index (χ4v) is 0. The molecule has 42 valence electrons. The van der Waals surface area contributed by atoms with Gasteiger partial charge in [0.1, 0.15) is 0 Å². The van der Waals surface area contributed by atoms with E-state index < -0.39 is 6.03 Å². The van der Waals surface area contributed by atoms with Crippen LogP contribution in [0.2, 0.25) is 0 Å². The van der Waals surface area contributed by atoms with Gasteiger partial charge >= 0.3 is 6.03 Å². The van der Waals surface area contributed by atoms with Crippen LogP contribution in [-0.4, -0.2) is 43.8 Å². The van der Waals surface area contributed by atoms with Crippen LogP contribution in [0.3, 0.4) is 0 Å². The van der Waals surface area contributed by atoms with Crippen molar-refractivity contribution in [3.8, 4) is 6.19 Å². The molecule has 5 nitrogen and oxygen atoms in total. The minimum Gasteiger partial charge on any atom is -0.352 e. The third-order valence-corrected chi connectivity index (χ3v) is 0. The Balaban J connectivity index is -0.0000000575. The number of amides is 2. The van der Waals surface area contributed by atoms with E-state index in [0.717, 1.165) is 0 Å². The summed E-state index contributed by atoms with van der Waals surface area (Å²) in [6.45, 7) is 0. The number of hydrogen-bond acceptors (Lipinski definition) is 3. The molecule has 0 aromatic rings. The first-order chi connectivity index (χ1) is 3.15. The molecular formula is C2H6CaN4O. The Bertz CT molecular complexity index is 82.5. The Morgan fingerprint density at radius 1 is 1.50 bits per heavy atom. The largest absolute Gasteiger partial charge is 0.352 e. The van der Waals surface area contributed by atoms with Crippen LogP contribution in [0.5, 0.6) is 0 Å². The van der Waals surface area contributed by atoms with Crippen LogP contribution in [0.4, 0.5) is 4.79 Å². The number of nitriles is 1. The molecule has 0 unspecified atom stereocenters. The van der Waals surface area contributed by atoms with Crippen LogP contribution < -0.4 is 17.2 Å². The van der Waals surface area contributed by atoms with Crippen molar-refractivity contribution < 1.29 is 4.79 Å². The average Bonchev–Trinajstić information content (AvgIpc) is 1.33. The zero-order valence-electron chi connectivity index (χ0n) is 4.29. The van der Waals surface area contributed by atoms with Gasteiger partial charge < -0.3 is 17.2 Å². The van der Waals surface area contributed by atoms with Crippen LogP contribution in [0, 0.1) is 11.5 Å². The van der Waals surface area contributed by atoms with E-state index >= 15 is 0 Å². The van der Waals surface area contributed by atoms with Gasteiger partial charge in [0.15, 0.2) is 6.19 Å². The topological polar surface area (TPSA) is 119 Å². The van der Waals surface area contributed by atoms with Crippen molar-refractivity contribution in [1.29, 1.82) is 5.26 Å². The van der Waals surface area contributed by atoms with Gasteiger partial charge in [-0.15, -0.1) is 0 Å². The minimum atomic E-state index is -0.833. The van der Waals surface area contributed by atoms with E-state index in [9.17, 15) is 0 Å². The SMILES string of the molecule is N#CN.NC(N)=O.[Ca]. The van der Waals surface area contributed by atoms with Crippen molar-refractivity contribution in [3.05, 3.63) is 0 Å². The smallest absolute Gasteiger partial charge is 0.309 e. The first-order valence-electron chi connectivity index (χ1n) is 1.29. The molecule has 8 heavy (non-hydrogen) atoms. The summed E-state index contributed by atoms with van der Waals surface area (Å²) in [7, 11) is 0. The van der Waals surface area contributed by atoms with Crippen molar-refractivity contribution in [2.45, 2.75) is 0 Å². The van der Waals surface area contributed by atoms with Gasteiger partial charge in [0.25, 0.3) is 0 Å². The van der Waals surface area contributed by atoms with E-state index in [1.54, 1.807) is 0 Å². The van der Waals surface area contributed by atoms with Crippen LogP contribution in [0.15, 0.2) is 0 Å². The Morgan fingerprint density at radius 2 is 1.50 bits per heavy atom. The zero-order valence-corrected chi connectivity index (χ0v) is 6.50. The number of carbonyl (C=O) groups excluding carboxylic acids is 1. The van der Waals surface area contributed by atoms with Crippen molar-refractivity contribution in [1.82, 2.24) is 0 Å². The first kappa shape index (κ1) is 15.7. The van der Waals surface area contributed by atoms with Crippen molar-refractivity contribution in [3.63, 3.8) is 0 Å². The van der Waals surface area contributed by atoms with Gasteiger partial charge in [-0.3, -0.25) is 0 Å². The van der Waals surface area contributed by atoms with Crippen molar-refractivity contribution >= 4 is 43.8 Å². The van der Waals surface area contributed by atoms with Crippen molar-refractivity contribution in [2.24, 2.45) is 17.2 Å². The molecule has 0 aromatic heterocycles. The molecule has 0 aliphatic rings. The summed E-state index contributed by atoms with van der Waals surface area (Å²) < 4.78 is 0. The number of rotatable bonds is 0. The number of carbonyl (C=O) groups is 1. The van der Waals surface area contributed by atoms with Crippen molar-refractivity contribution in [2.75, 3.05) is 0 Å². The molecule has 0 aromatic carbocycles. The maximum absolute atomic E-state index is 9.00. The number of urea groups is 1. The molecule has 6 N–H and O–H groups in total. The number of hydrogen-bond donors (Lipinski definition) is 3. The molecule has 0 spiro atoms. The second kappa shape index (κ2) is 15.8. The molecule has 0 atom stereocenters. The predicted octanol–water partition coefficient (Wildman–Crippen LogP) is -1.93. The Hall–Kier alpha value is -0.180. The van der Waals surface area contributed by atoms with Gasteiger partial charge in [-0.25, -0.2) is 4.79 Å². The maximum Gasteiger partial charge on any atom is 0.309 e. The number of nitrogens with two attached hydrogens (primary N) is 3. The minimum absolute atomic E-state index is 0. The van der Waals surface area contributed by atoms with E-state index in [1.165, 1.54) is 6.19 Å². The fourth-order valence-electron chi connectivity index (χ4n) is 0. The molecule has 0 saturated carbocycles. The first-order valence-corrected chi connectivity index (χ1v) is 1.29. The van der Waals surface area contributed by atoms with Gasteiger partial charge in [0, 0.05) is 37.7 Å². The van der Waals surface area contributed by atoms with Gasteiger partial charge in [-0.2, -0.15) is 5.26 Å². The molecule has 2 radical (unpaired) electrons. The van der Waals surface area contributed by atoms with Gasteiger partial charge in [-0.1, -0.05) is 0 Å². The summed E-state index contributed by atoms with van der Waals surface area (Å²) in [5.74, 6) is 0. The predicted molar refractivity (Wildman–Crippen MR) is 29.3 cm³/mol. The maximum atomic E-state index is 9.00. The van der Waals surface area contributed by atoms with E-state index in [1.807, 2.05) is 0 Å². The molecule has 6 heteroatoms. The Morgan fingerprint density at radius 3 is 1.50 bits per heavy atom. The summed E-state index contributed by atoms with van der Waals surface area (Å²) >= 11 is 0. The second-order valence-corrected chi connectivity index (χ2v) is 0.531. The van der Waals surface area contributed by atoms with Crippen LogP contribution in [-0.2, 0) is 0 Å². The normalized spacial score (nSPS) is 3.88. The molecular weight excluding hydrogens is 136 g/mol. The van der Waals surface area contributed by atoms with Gasteiger partial charge in [0.2, 0.25) is 0 Å². The summed E-state index contributed by atoms with van der Waals surface area (Å²) in [6.07, 6.45) is 1.25. The summed E-state index contributed by atoms with van der Waals surface area (Å²) in [5, 5.41) is 7.10. The van der Waals surface area contributed by atoms with E-state index in [-0.39, 0.29) is 37.7 Å². The van der Waals surface area contributed by atoms with Gasteiger partial charge in [-0.05, 0) is 0 Å². The van der Waals surface area contributed by atoms with Crippen LogP contribution in [0.1, 0.15) is 0 Å². The molecule has 0 saturated heterocycles. The summed E-state index contributed by atoms with van der Waals surface area (Å²) in [6, 6.07) is -0.833. The standard InChI is InChI=1S/CH4N2O.CH2N2.Ca/c2-1(3)4;2-1-3;/h(H4,2,3,4);2H2;. The molecule has 2 amide bonds. The number of nitrogens with zero attached hydrogens (tertiary/aromatic N) is 1. The van der Waals surface area contributed by atoms with E-state index in [2.05, 4.69) is 17.2 Å². The Labute approximate surface area is 76.8 Å². The van der Waals surface area contributed by atoms with Crippen LogP contribution in [0.25, 0.3) is 0 Å². The third-order valence-electron chi connectivity index (χ3n) is 0. The molecule has 0 bridgehead atoms. The second-order valence-electron chi connectivity index (χ2n) is 0.531. The average molecular weight is 142 g/mol. The molecule has 0 heterocycles. The Kier molecular flexibility index (Phi) is 31.0.